The Kier molecular flexibility index (Phi) is 4.66. The highest BCUT2D eigenvalue weighted by Crippen LogP contribution is 2.40. The first-order valence-electron chi connectivity index (χ1n) is 10.3. The van der Waals surface area contributed by atoms with E-state index in [1.165, 1.54) is 11.9 Å². The lowest BCUT2D eigenvalue weighted by Gasteiger charge is -2.32. The number of guanidine groups is 1. The van der Waals surface area contributed by atoms with E-state index in [2.05, 4.69) is 22.1 Å². The smallest absolute Gasteiger partial charge is 0.258 e. The zero-order valence-electron chi connectivity index (χ0n) is 17.3. The molecule has 0 radical (unpaired) electrons. The number of carbonyl (C=O) groups excluding carboxylic acids is 1. The van der Waals surface area contributed by atoms with Crippen LogP contribution in [-0.2, 0) is 24.2 Å². The summed E-state index contributed by atoms with van der Waals surface area (Å²) in [5.74, 6) is 1.04. The molecule has 156 valence electrons. The molecule has 2 N–H and O–H groups in total. The van der Waals surface area contributed by atoms with Crippen molar-refractivity contribution >= 4 is 11.9 Å². The molecule has 0 saturated heterocycles. The molecule has 7 nitrogen and oxygen atoms in total. The van der Waals surface area contributed by atoms with Gasteiger partial charge < -0.3 is 10.5 Å². The predicted octanol–water partition coefficient (Wildman–Crippen LogP) is 2.74. The number of ether oxygens (including phenoxy) is 1. The van der Waals surface area contributed by atoms with Crippen molar-refractivity contribution in [2.45, 2.75) is 31.3 Å². The molecular formula is C24H23N5O2. The number of carbonyl (C=O) groups is 1. The molecule has 1 spiro atoms. The average molecular weight is 413 g/mol. The van der Waals surface area contributed by atoms with Crippen LogP contribution >= 0.6 is 0 Å². The van der Waals surface area contributed by atoms with Gasteiger partial charge in [-0.1, -0.05) is 30.3 Å². The van der Waals surface area contributed by atoms with Crippen LogP contribution in [0.1, 0.15) is 23.1 Å². The van der Waals surface area contributed by atoms with Gasteiger partial charge in [0.15, 0.2) is 5.96 Å². The van der Waals surface area contributed by atoms with E-state index in [-0.39, 0.29) is 11.9 Å². The van der Waals surface area contributed by atoms with Crippen molar-refractivity contribution in [3.8, 4) is 16.9 Å². The van der Waals surface area contributed by atoms with Crippen LogP contribution in [0, 0.1) is 0 Å². The molecule has 2 aliphatic rings. The van der Waals surface area contributed by atoms with Gasteiger partial charge in [0.05, 0.1) is 13.7 Å². The van der Waals surface area contributed by atoms with Gasteiger partial charge in [-0.3, -0.25) is 9.69 Å². The molecule has 2 aromatic carbocycles. The summed E-state index contributed by atoms with van der Waals surface area (Å²) < 4.78 is 5.21. The third-order valence-corrected chi connectivity index (χ3v) is 6.16. The van der Waals surface area contributed by atoms with Crippen LogP contribution < -0.4 is 10.5 Å². The number of benzene rings is 2. The number of hydrogen-bond acceptors (Lipinski definition) is 6. The van der Waals surface area contributed by atoms with Crippen molar-refractivity contribution in [1.82, 2.24) is 14.9 Å². The van der Waals surface area contributed by atoms with E-state index in [0.717, 1.165) is 34.4 Å². The van der Waals surface area contributed by atoms with Crippen LogP contribution in [0.5, 0.6) is 5.75 Å². The zero-order chi connectivity index (χ0) is 21.4. The molecule has 0 fully saturated rings. The fourth-order valence-corrected chi connectivity index (χ4v) is 4.57. The number of hydrogen-bond donors (Lipinski definition) is 1. The Labute approximate surface area is 180 Å². The summed E-state index contributed by atoms with van der Waals surface area (Å²) in [4.78, 5) is 28.1. The number of rotatable bonds is 4. The molecular weight excluding hydrogens is 390 g/mol. The van der Waals surface area contributed by atoms with E-state index in [9.17, 15) is 4.79 Å². The van der Waals surface area contributed by atoms with Gasteiger partial charge in [0.1, 0.15) is 17.6 Å². The Balaban J connectivity index is 1.41. The van der Waals surface area contributed by atoms with E-state index in [1.807, 2.05) is 42.7 Å². The number of fused-ring (bicyclic) bond motifs is 1. The summed E-state index contributed by atoms with van der Waals surface area (Å²) in [6.07, 6.45) is 7.09. The maximum Gasteiger partial charge on any atom is 0.258 e. The number of amides is 1. The van der Waals surface area contributed by atoms with Gasteiger partial charge in [-0.25, -0.2) is 15.0 Å². The van der Waals surface area contributed by atoms with Crippen molar-refractivity contribution in [2.24, 2.45) is 10.7 Å². The standard InChI is InChI=1S/C24H23N5O2/c1-31-19-7-5-16(6-8-19)14-29-22(30)24(28-23(29)25)10-9-21-17(11-24)3-2-4-20(21)18-12-26-15-27-13-18/h2-8,12-13,15H,9-11,14H2,1H3,(H2,25,28). The van der Waals surface area contributed by atoms with Gasteiger partial charge in [-0.05, 0) is 47.2 Å². The molecule has 1 amide bonds. The molecule has 1 atom stereocenters. The van der Waals surface area contributed by atoms with E-state index >= 15 is 0 Å². The number of nitrogens with zero attached hydrogens (tertiary/aromatic N) is 4. The molecule has 0 saturated carbocycles. The van der Waals surface area contributed by atoms with Crippen LogP contribution in [0.2, 0.25) is 0 Å². The largest absolute Gasteiger partial charge is 0.497 e. The van der Waals surface area contributed by atoms with E-state index in [4.69, 9.17) is 15.5 Å². The summed E-state index contributed by atoms with van der Waals surface area (Å²) in [6, 6.07) is 13.8. The third kappa shape index (κ3) is 3.32. The van der Waals surface area contributed by atoms with Crippen LogP contribution in [0.4, 0.5) is 0 Å². The van der Waals surface area contributed by atoms with Crippen molar-refractivity contribution in [2.75, 3.05) is 7.11 Å². The van der Waals surface area contributed by atoms with E-state index in [1.54, 1.807) is 12.0 Å². The predicted molar refractivity (Wildman–Crippen MR) is 117 cm³/mol. The number of nitrogens with two attached hydrogens (primary N) is 1. The Morgan fingerprint density at radius 2 is 1.90 bits per heavy atom. The van der Waals surface area contributed by atoms with Crippen molar-refractivity contribution in [1.29, 1.82) is 0 Å². The molecule has 7 heteroatoms. The topological polar surface area (TPSA) is 93.7 Å². The number of methoxy groups -OCH3 is 1. The number of aliphatic imine (C=N–C) groups is 1. The Morgan fingerprint density at radius 1 is 1.13 bits per heavy atom. The summed E-state index contributed by atoms with van der Waals surface area (Å²) in [5, 5.41) is 0. The van der Waals surface area contributed by atoms with Gasteiger partial charge in [0.2, 0.25) is 0 Å². The zero-order valence-corrected chi connectivity index (χ0v) is 17.3. The molecule has 5 rings (SSSR count). The molecule has 1 aliphatic carbocycles. The van der Waals surface area contributed by atoms with Gasteiger partial charge in [-0.2, -0.15) is 0 Å². The lowest BCUT2D eigenvalue weighted by molar-refractivity contribution is -0.132. The Hall–Kier alpha value is -3.74. The lowest BCUT2D eigenvalue weighted by atomic mass is 9.76. The molecule has 0 bridgehead atoms. The van der Waals surface area contributed by atoms with Crippen LogP contribution in [0.3, 0.4) is 0 Å². The normalized spacial score (nSPS) is 20.0. The first kappa shape index (κ1) is 19.2. The summed E-state index contributed by atoms with van der Waals surface area (Å²) in [7, 11) is 1.63. The maximum atomic E-state index is 13.5. The van der Waals surface area contributed by atoms with Gasteiger partial charge in [0.25, 0.3) is 5.91 Å². The monoisotopic (exact) mass is 413 g/mol. The first-order chi connectivity index (χ1) is 15.1. The average Bonchev–Trinajstić information content (AvgIpc) is 3.03. The third-order valence-electron chi connectivity index (χ3n) is 6.16. The molecule has 3 aromatic rings. The van der Waals surface area contributed by atoms with Crippen molar-refractivity contribution < 1.29 is 9.53 Å². The summed E-state index contributed by atoms with van der Waals surface area (Å²) in [6.45, 7) is 0.397. The van der Waals surface area contributed by atoms with Crippen LogP contribution in [-0.4, -0.2) is 39.4 Å². The second-order valence-corrected chi connectivity index (χ2v) is 7.99. The van der Waals surface area contributed by atoms with Gasteiger partial charge >= 0.3 is 0 Å². The van der Waals surface area contributed by atoms with Crippen molar-refractivity contribution in [3.63, 3.8) is 0 Å². The van der Waals surface area contributed by atoms with E-state index < -0.39 is 5.54 Å². The Bertz CT molecular complexity index is 1160. The SMILES string of the molecule is COc1ccc(CN2C(=O)C3(CCc4c(cccc4-c4cncnc4)C3)N=C2N)cc1. The molecule has 2 heterocycles. The molecule has 31 heavy (non-hydrogen) atoms. The second kappa shape index (κ2) is 7.50. The lowest BCUT2D eigenvalue weighted by Crippen LogP contribution is -2.46. The van der Waals surface area contributed by atoms with Gasteiger partial charge in [0, 0.05) is 24.4 Å². The summed E-state index contributed by atoms with van der Waals surface area (Å²) >= 11 is 0. The van der Waals surface area contributed by atoms with Crippen molar-refractivity contribution in [3.05, 3.63) is 77.9 Å². The minimum absolute atomic E-state index is 0.0279. The maximum absolute atomic E-state index is 13.5. The molecule has 1 aliphatic heterocycles. The van der Waals surface area contributed by atoms with E-state index in [0.29, 0.717) is 19.4 Å². The van der Waals surface area contributed by atoms with Gasteiger partial charge in [-0.15, -0.1) is 0 Å². The Morgan fingerprint density at radius 3 is 2.65 bits per heavy atom. The molecule has 1 unspecified atom stereocenters. The highest BCUT2D eigenvalue weighted by molar-refractivity contribution is 6.07. The minimum atomic E-state index is -0.824. The summed E-state index contributed by atoms with van der Waals surface area (Å²) in [5.41, 5.74) is 10.9. The van der Waals surface area contributed by atoms with Crippen LogP contribution in [0.15, 0.2) is 66.2 Å². The van der Waals surface area contributed by atoms with Crippen LogP contribution in [0.25, 0.3) is 11.1 Å². The quantitative estimate of drug-likeness (QED) is 0.710. The highest BCUT2D eigenvalue weighted by Gasteiger charge is 2.49. The second-order valence-electron chi connectivity index (χ2n) is 7.99. The fourth-order valence-electron chi connectivity index (χ4n) is 4.57. The fraction of sp³-hybridized carbons (Fsp3) is 0.250. The highest BCUT2D eigenvalue weighted by atomic mass is 16.5. The number of aromatic nitrogens is 2. The molecule has 1 aromatic heterocycles. The first-order valence-corrected chi connectivity index (χ1v) is 10.3. The minimum Gasteiger partial charge on any atom is -0.497 e.